The van der Waals surface area contributed by atoms with E-state index < -0.39 is 0 Å². The van der Waals surface area contributed by atoms with Gasteiger partial charge < -0.3 is 10.0 Å². The SMILES string of the molecule is O=C1C2C=CC2N1CO. The van der Waals surface area contributed by atoms with Crippen molar-refractivity contribution in [1.29, 1.82) is 0 Å². The first-order valence-corrected chi connectivity index (χ1v) is 2.94. The minimum atomic E-state index is -0.135. The molecule has 0 spiro atoms. The fourth-order valence-electron chi connectivity index (χ4n) is 1.27. The van der Waals surface area contributed by atoms with Crippen LogP contribution in [0.1, 0.15) is 0 Å². The maximum Gasteiger partial charge on any atom is 0.234 e. The predicted molar refractivity (Wildman–Crippen MR) is 30.3 cm³/mol. The average Bonchev–Trinajstić information content (AvgIpc) is 1.79. The number of likely N-dealkylation sites (tertiary alicyclic amines) is 1. The highest BCUT2D eigenvalue weighted by Crippen LogP contribution is 2.35. The molecule has 2 unspecified atom stereocenters. The molecule has 0 aromatic heterocycles. The topological polar surface area (TPSA) is 40.5 Å². The van der Waals surface area contributed by atoms with E-state index >= 15 is 0 Å². The number of carbonyl (C=O) groups excluding carboxylic acids is 1. The van der Waals surface area contributed by atoms with Crippen molar-refractivity contribution in [2.45, 2.75) is 6.04 Å². The van der Waals surface area contributed by atoms with Crippen molar-refractivity contribution in [1.82, 2.24) is 4.90 Å². The third-order valence-electron chi connectivity index (χ3n) is 1.96. The van der Waals surface area contributed by atoms with Crippen molar-refractivity contribution in [3.05, 3.63) is 12.2 Å². The number of carbonyl (C=O) groups is 1. The summed E-state index contributed by atoms with van der Waals surface area (Å²) in [5.74, 6) is 0.169. The van der Waals surface area contributed by atoms with E-state index in [9.17, 15) is 4.79 Å². The molecule has 0 radical (unpaired) electrons. The van der Waals surface area contributed by atoms with Gasteiger partial charge in [0.1, 0.15) is 6.73 Å². The number of hydrogen-bond acceptors (Lipinski definition) is 2. The maximum atomic E-state index is 10.8. The van der Waals surface area contributed by atoms with Crippen molar-refractivity contribution >= 4 is 5.91 Å². The van der Waals surface area contributed by atoms with E-state index in [1.54, 1.807) is 0 Å². The van der Waals surface area contributed by atoms with Crippen LogP contribution in [0.5, 0.6) is 0 Å². The average molecular weight is 125 g/mol. The summed E-state index contributed by atoms with van der Waals surface area (Å²) in [7, 11) is 0. The molecule has 1 aliphatic carbocycles. The molecular formula is C6H7NO2. The first-order valence-electron chi connectivity index (χ1n) is 2.94. The van der Waals surface area contributed by atoms with Gasteiger partial charge in [0, 0.05) is 0 Å². The van der Waals surface area contributed by atoms with Gasteiger partial charge in [-0.2, -0.15) is 0 Å². The van der Waals surface area contributed by atoms with Gasteiger partial charge in [-0.3, -0.25) is 4.79 Å². The minimum Gasteiger partial charge on any atom is -0.376 e. The number of rotatable bonds is 1. The molecule has 2 atom stereocenters. The van der Waals surface area contributed by atoms with Crippen molar-refractivity contribution in [3.8, 4) is 0 Å². The van der Waals surface area contributed by atoms with Gasteiger partial charge in [0.25, 0.3) is 0 Å². The molecule has 3 nitrogen and oxygen atoms in total. The van der Waals surface area contributed by atoms with Crippen molar-refractivity contribution in [3.63, 3.8) is 0 Å². The van der Waals surface area contributed by atoms with Crippen LogP contribution in [0.3, 0.4) is 0 Å². The van der Waals surface area contributed by atoms with Crippen molar-refractivity contribution in [2.75, 3.05) is 6.73 Å². The number of aliphatic hydroxyl groups excluding tert-OH is 1. The Kier molecular flexibility index (Phi) is 0.754. The molecule has 0 bridgehead atoms. The van der Waals surface area contributed by atoms with Gasteiger partial charge in [-0.25, -0.2) is 0 Å². The Bertz CT molecular complexity index is 187. The summed E-state index contributed by atoms with van der Waals surface area (Å²) < 4.78 is 0. The lowest BCUT2D eigenvalue weighted by Gasteiger charge is -2.48. The molecule has 2 rings (SSSR count). The molecular weight excluding hydrogens is 118 g/mol. The smallest absolute Gasteiger partial charge is 0.234 e. The first kappa shape index (κ1) is 4.99. The Balaban J connectivity index is 2.15. The quantitative estimate of drug-likeness (QED) is 0.373. The lowest BCUT2D eigenvalue weighted by atomic mass is 9.79. The lowest BCUT2D eigenvalue weighted by molar-refractivity contribution is -0.158. The second-order valence-electron chi connectivity index (χ2n) is 2.35. The number of β-lactam (4-membered cyclic amide) rings is 1. The molecule has 1 heterocycles. The lowest BCUT2D eigenvalue weighted by Crippen LogP contribution is -2.63. The van der Waals surface area contributed by atoms with Gasteiger partial charge in [-0.15, -0.1) is 0 Å². The van der Waals surface area contributed by atoms with E-state index in [1.807, 2.05) is 12.2 Å². The van der Waals surface area contributed by atoms with E-state index in [-0.39, 0.29) is 24.6 Å². The number of fused-ring (bicyclic) bond motifs is 1. The van der Waals surface area contributed by atoms with E-state index in [2.05, 4.69) is 0 Å². The van der Waals surface area contributed by atoms with E-state index in [1.165, 1.54) is 4.90 Å². The predicted octanol–water partition coefficient (Wildman–Crippen LogP) is -0.667. The maximum absolute atomic E-state index is 10.8. The Labute approximate surface area is 52.6 Å². The molecule has 2 aliphatic rings. The monoisotopic (exact) mass is 125 g/mol. The van der Waals surface area contributed by atoms with Crippen LogP contribution >= 0.6 is 0 Å². The highest BCUT2D eigenvalue weighted by Gasteiger charge is 2.48. The fourth-order valence-corrected chi connectivity index (χ4v) is 1.27. The molecule has 9 heavy (non-hydrogen) atoms. The summed E-state index contributed by atoms with van der Waals surface area (Å²) in [6.45, 7) is -0.135. The summed E-state index contributed by atoms with van der Waals surface area (Å²) in [4.78, 5) is 12.2. The van der Waals surface area contributed by atoms with Gasteiger partial charge in [0.15, 0.2) is 0 Å². The van der Waals surface area contributed by atoms with Gasteiger partial charge in [-0.05, 0) is 0 Å². The third-order valence-corrected chi connectivity index (χ3v) is 1.96. The summed E-state index contributed by atoms with van der Waals surface area (Å²) in [5.41, 5.74) is 0. The second kappa shape index (κ2) is 1.36. The minimum absolute atomic E-state index is 0.0602. The summed E-state index contributed by atoms with van der Waals surface area (Å²) in [5, 5.41) is 8.55. The largest absolute Gasteiger partial charge is 0.376 e. The molecule has 1 aliphatic heterocycles. The summed E-state index contributed by atoms with van der Waals surface area (Å²) in [6.07, 6.45) is 3.81. The zero-order chi connectivity index (χ0) is 6.43. The molecule has 1 fully saturated rings. The molecule has 1 N–H and O–H groups in total. The van der Waals surface area contributed by atoms with Crippen molar-refractivity contribution < 1.29 is 9.90 Å². The van der Waals surface area contributed by atoms with Crippen LogP contribution in [-0.2, 0) is 4.79 Å². The highest BCUT2D eigenvalue weighted by molar-refractivity contribution is 5.90. The number of hydrogen-bond donors (Lipinski definition) is 1. The molecule has 0 aromatic carbocycles. The van der Waals surface area contributed by atoms with Crippen molar-refractivity contribution in [2.24, 2.45) is 5.92 Å². The Morgan fingerprint density at radius 3 is 2.67 bits per heavy atom. The first-order chi connectivity index (χ1) is 4.34. The zero-order valence-electron chi connectivity index (χ0n) is 4.82. The Hall–Kier alpha value is -0.830. The third kappa shape index (κ3) is 0.390. The second-order valence-corrected chi connectivity index (χ2v) is 2.35. The molecule has 1 saturated heterocycles. The van der Waals surface area contributed by atoms with Gasteiger partial charge >= 0.3 is 0 Å². The van der Waals surface area contributed by atoms with Crippen LogP contribution in [0.15, 0.2) is 12.2 Å². The Morgan fingerprint density at radius 2 is 2.44 bits per heavy atom. The standard InChI is InChI=1S/C6H7NO2/c8-3-7-5-2-1-4(5)6(7)9/h1-2,4-5,8H,3H2. The number of aliphatic hydroxyl groups is 1. The van der Waals surface area contributed by atoms with Gasteiger partial charge in [-0.1, -0.05) is 12.2 Å². The van der Waals surface area contributed by atoms with Gasteiger partial charge in [0.2, 0.25) is 5.91 Å². The van der Waals surface area contributed by atoms with E-state index in [0.29, 0.717) is 0 Å². The van der Waals surface area contributed by atoms with Crippen LogP contribution in [0, 0.1) is 5.92 Å². The van der Waals surface area contributed by atoms with E-state index in [0.717, 1.165) is 0 Å². The molecule has 3 heteroatoms. The fraction of sp³-hybridized carbons (Fsp3) is 0.500. The van der Waals surface area contributed by atoms with E-state index in [4.69, 9.17) is 5.11 Å². The zero-order valence-corrected chi connectivity index (χ0v) is 4.82. The van der Waals surface area contributed by atoms with Crippen LogP contribution in [-0.4, -0.2) is 28.7 Å². The summed E-state index contributed by atoms with van der Waals surface area (Å²) >= 11 is 0. The number of nitrogens with zero attached hydrogens (tertiary/aromatic N) is 1. The van der Waals surface area contributed by atoms with Crippen LogP contribution in [0.4, 0.5) is 0 Å². The normalized spacial score (nSPS) is 37.4. The molecule has 0 aromatic rings. The molecule has 48 valence electrons. The van der Waals surface area contributed by atoms with Crippen LogP contribution < -0.4 is 0 Å². The number of amides is 1. The molecule has 1 amide bonds. The Morgan fingerprint density at radius 1 is 1.67 bits per heavy atom. The van der Waals surface area contributed by atoms with Crippen LogP contribution in [0.2, 0.25) is 0 Å². The summed E-state index contributed by atoms with van der Waals surface area (Å²) in [6, 6.07) is 0.225. The highest BCUT2D eigenvalue weighted by atomic mass is 16.3. The van der Waals surface area contributed by atoms with Gasteiger partial charge in [0.05, 0.1) is 12.0 Å². The molecule has 0 saturated carbocycles. The van der Waals surface area contributed by atoms with Crippen LogP contribution in [0.25, 0.3) is 0 Å².